The normalized spacial score (nSPS) is 12.0. The summed E-state index contributed by atoms with van der Waals surface area (Å²) in [6.45, 7) is 0. The quantitative estimate of drug-likeness (QED) is 0.693. The molecular weight excluding hydrogens is 359 g/mol. The van der Waals surface area contributed by atoms with Crippen LogP contribution >= 0.6 is 0 Å². The summed E-state index contributed by atoms with van der Waals surface area (Å²) in [6.07, 6.45) is -2.30. The highest BCUT2D eigenvalue weighted by Crippen LogP contribution is 2.28. The maximum Gasteiger partial charge on any atom is 0.431 e. The zero-order chi connectivity index (χ0) is 18.9. The van der Waals surface area contributed by atoms with Crippen molar-refractivity contribution >= 4 is 12.2 Å². The van der Waals surface area contributed by atoms with Crippen molar-refractivity contribution in [3.63, 3.8) is 0 Å². The molecule has 0 aliphatic rings. The Labute approximate surface area is 142 Å². The number of aromatic nitrogens is 2. The molecule has 0 saturated heterocycles. The average molecular weight is 368 g/mol. The van der Waals surface area contributed by atoms with Gasteiger partial charge in [0.2, 0.25) is 0 Å². The van der Waals surface area contributed by atoms with Gasteiger partial charge in [-0.05, 0) is 42.5 Å². The van der Waals surface area contributed by atoms with E-state index < -0.39 is 29.2 Å². The molecule has 0 spiro atoms. The van der Waals surface area contributed by atoms with E-state index in [0.717, 1.165) is 12.1 Å². The molecule has 0 fully saturated rings. The summed E-state index contributed by atoms with van der Waals surface area (Å²) in [7, 11) is 0. The Morgan fingerprint density at radius 2 is 1.81 bits per heavy atom. The Kier molecular flexibility index (Phi) is 4.45. The topological polar surface area (TPSA) is 58.9 Å². The van der Waals surface area contributed by atoms with Crippen LogP contribution in [0.2, 0.25) is 0 Å². The Balaban J connectivity index is 1.88. The lowest BCUT2D eigenvalue weighted by atomic mass is 10.1. The van der Waals surface area contributed by atoms with E-state index in [-0.39, 0.29) is 22.8 Å². The molecule has 0 saturated carbocycles. The van der Waals surface area contributed by atoms with Crippen molar-refractivity contribution in [2.45, 2.75) is 6.18 Å². The second-order valence-corrected chi connectivity index (χ2v) is 5.18. The van der Waals surface area contributed by atoms with Crippen molar-refractivity contribution in [1.82, 2.24) is 9.97 Å². The Morgan fingerprint density at radius 3 is 2.50 bits per heavy atom. The number of hydrogen-bond acceptors (Lipinski definition) is 3. The first-order valence-corrected chi connectivity index (χ1v) is 7.14. The minimum atomic E-state index is -4.72. The molecule has 1 N–H and O–H groups in total. The third kappa shape index (κ3) is 3.88. The lowest BCUT2D eigenvalue weighted by Gasteiger charge is -2.05. The Morgan fingerprint density at radius 1 is 1.04 bits per heavy atom. The molecule has 0 aliphatic carbocycles. The minimum absolute atomic E-state index is 0.0275. The van der Waals surface area contributed by atoms with Crippen molar-refractivity contribution in [2.24, 2.45) is 0 Å². The standard InChI is InChI=1S/C17H9F5N2O2/c18-9-1-5-12(13(19)7-9)14-6-4-11(26-14)3-2-10-8-15(17(20,21)22)24-16(25)23-10/h1-8H,(H,23,24,25)/b3-2+. The molecule has 4 nitrogen and oxygen atoms in total. The van der Waals surface area contributed by atoms with Gasteiger partial charge in [0.15, 0.2) is 0 Å². The van der Waals surface area contributed by atoms with Gasteiger partial charge in [-0.15, -0.1) is 0 Å². The fraction of sp³-hybridized carbons (Fsp3) is 0.0588. The number of furan rings is 1. The van der Waals surface area contributed by atoms with Gasteiger partial charge in [0.25, 0.3) is 0 Å². The SMILES string of the molecule is O=c1nc(/C=C/c2ccc(-c3ccc(F)cc3F)o2)cc(C(F)(F)F)[nH]1. The molecule has 1 aromatic carbocycles. The zero-order valence-electron chi connectivity index (χ0n) is 12.8. The molecule has 0 unspecified atom stereocenters. The van der Waals surface area contributed by atoms with Crippen molar-refractivity contribution < 1.29 is 26.4 Å². The molecule has 26 heavy (non-hydrogen) atoms. The predicted octanol–water partition coefficient (Wildman–Crippen LogP) is 4.50. The fourth-order valence-corrected chi connectivity index (χ4v) is 2.16. The number of H-pyrrole nitrogens is 1. The number of aromatic amines is 1. The van der Waals surface area contributed by atoms with Crippen LogP contribution in [0.25, 0.3) is 23.5 Å². The summed E-state index contributed by atoms with van der Waals surface area (Å²) in [5.74, 6) is -1.27. The number of halogens is 5. The van der Waals surface area contributed by atoms with Gasteiger partial charge in [0, 0.05) is 6.07 Å². The average Bonchev–Trinajstić information content (AvgIpc) is 3.00. The van der Waals surface area contributed by atoms with E-state index in [1.54, 1.807) is 4.98 Å². The van der Waals surface area contributed by atoms with Crippen molar-refractivity contribution in [3.05, 3.63) is 75.7 Å². The number of alkyl halides is 3. The molecule has 0 bridgehead atoms. The van der Waals surface area contributed by atoms with E-state index >= 15 is 0 Å². The number of nitrogens with zero attached hydrogens (tertiary/aromatic N) is 1. The second-order valence-electron chi connectivity index (χ2n) is 5.18. The first kappa shape index (κ1) is 17.6. The lowest BCUT2D eigenvalue weighted by Crippen LogP contribution is -2.19. The molecule has 2 aromatic heterocycles. The third-order valence-electron chi connectivity index (χ3n) is 3.31. The first-order chi connectivity index (χ1) is 12.2. The van der Waals surface area contributed by atoms with Crippen molar-refractivity contribution in [2.75, 3.05) is 0 Å². The second kappa shape index (κ2) is 6.58. The number of nitrogens with one attached hydrogen (secondary N) is 1. The number of rotatable bonds is 3. The smallest absolute Gasteiger partial charge is 0.431 e. The Hall–Kier alpha value is -3.23. The largest absolute Gasteiger partial charge is 0.457 e. The summed E-state index contributed by atoms with van der Waals surface area (Å²) in [5.41, 5.74) is -2.58. The summed E-state index contributed by atoms with van der Waals surface area (Å²) >= 11 is 0. The van der Waals surface area contributed by atoms with E-state index in [2.05, 4.69) is 4.98 Å². The predicted molar refractivity (Wildman–Crippen MR) is 82.8 cm³/mol. The highest BCUT2D eigenvalue weighted by molar-refractivity contribution is 5.68. The molecule has 2 heterocycles. The van der Waals surface area contributed by atoms with E-state index in [0.29, 0.717) is 12.1 Å². The molecule has 0 radical (unpaired) electrons. The van der Waals surface area contributed by atoms with Gasteiger partial charge in [0.1, 0.15) is 28.8 Å². The van der Waals surface area contributed by atoms with Gasteiger partial charge >= 0.3 is 11.9 Å². The lowest BCUT2D eigenvalue weighted by molar-refractivity contribution is -0.141. The molecule has 0 amide bonds. The molecule has 0 atom stereocenters. The monoisotopic (exact) mass is 368 g/mol. The maximum absolute atomic E-state index is 13.7. The van der Waals surface area contributed by atoms with E-state index in [1.807, 2.05) is 0 Å². The highest BCUT2D eigenvalue weighted by Gasteiger charge is 2.32. The van der Waals surface area contributed by atoms with Gasteiger partial charge in [-0.1, -0.05) is 0 Å². The van der Waals surface area contributed by atoms with Crippen LogP contribution in [-0.2, 0) is 6.18 Å². The highest BCUT2D eigenvalue weighted by atomic mass is 19.4. The molecule has 9 heteroatoms. The van der Waals surface area contributed by atoms with Crippen LogP contribution in [0.15, 0.2) is 45.6 Å². The number of benzene rings is 1. The third-order valence-corrected chi connectivity index (χ3v) is 3.31. The minimum Gasteiger partial charge on any atom is -0.457 e. The van der Waals surface area contributed by atoms with Gasteiger partial charge < -0.3 is 9.40 Å². The molecule has 0 aliphatic heterocycles. The zero-order valence-corrected chi connectivity index (χ0v) is 12.8. The van der Waals surface area contributed by atoms with Gasteiger partial charge in [0.05, 0.1) is 11.3 Å². The van der Waals surface area contributed by atoms with Crippen LogP contribution in [0.5, 0.6) is 0 Å². The van der Waals surface area contributed by atoms with E-state index in [4.69, 9.17) is 4.42 Å². The molecule has 3 rings (SSSR count). The van der Waals surface area contributed by atoms with Crippen molar-refractivity contribution in [1.29, 1.82) is 0 Å². The summed E-state index contributed by atoms with van der Waals surface area (Å²) in [5, 5.41) is 0. The van der Waals surface area contributed by atoms with E-state index in [9.17, 15) is 26.7 Å². The van der Waals surface area contributed by atoms with Crippen molar-refractivity contribution in [3.8, 4) is 11.3 Å². The first-order valence-electron chi connectivity index (χ1n) is 7.14. The van der Waals surface area contributed by atoms with Crippen LogP contribution in [0.4, 0.5) is 22.0 Å². The van der Waals surface area contributed by atoms with Gasteiger partial charge in [-0.2, -0.15) is 18.2 Å². The van der Waals surface area contributed by atoms with Crippen LogP contribution in [-0.4, -0.2) is 9.97 Å². The summed E-state index contributed by atoms with van der Waals surface area (Å²) in [4.78, 5) is 16.2. The van der Waals surface area contributed by atoms with Crippen LogP contribution in [0.3, 0.4) is 0 Å². The molecular formula is C17H9F5N2O2. The number of hydrogen-bond donors (Lipinski definition) is 1. The molecule has 3 aromatic rings. The van der Waals surface area contributed by atoms with Crippen LogP contribution in [0, 0.1) is 11.6 Å². The maximum atomic E-state index is 13.7. The summed E-state index contributed by atoms with van der Waals surface area (Å²) < 4.78 is 70.0. The molecule has 134 valence electrons. The van der Waals surface area contributed by atoms with Gasteiger partial charge in [-0.3, -0.25) is 0 Å². The fourth-order valence-electron chi connectivity index (χ4n) is 2.16. The van der Waals surface area contributed by atoms with Gasteiger partial charge in [-0.25, -0.2) is 13.6 Å². The van der Waals surface area contributed by atoms with E-state index in [1.165, 1.54) is 24.3 Å². The van der Waals surface area contributed by atoms with Crippen LogP contribution in [0.1, 0.15) is 17.1 Å². The van der Waals surface area contributed by atoms with Crippen LogP contribution < -0.4 is 5.69 Å². The summed E-state index contributed by atoms with van der Waals surface area (Å²) in [6, 6.07) is 6.49. The Bertz CT molecular complexity index is 1030.